The first kappa shape index (κ1) is 15.7. The fraction of sp³-hybridized carbons (Fsp3) is 0.357. The Balaban J connectivity index is 1.94. The van der Waals surface area contributed by atoms with Crippen molar-refractivity contribution in [3.63, 3.8) is 0 Å². The number of nitrogens with one attached hydrogen (secondary N) is 1. The molecule has 0 atom stereocenters. The van der Waals surface area contributed by atoms with Crippen LogP contribution in [-0.4, -0.2) is 24.5 Å². The summed E-state index contributed by atoms with van der Waals surface area (Å²) in [5.41, 5.74) is 7.22. The predicted octanol–water partition coefficient (Wildman–Crippen LogP) is 0.541. The lowest BCUT2D eigenvalue weighted by atomic mass is 10.1. The molecule has 0 radical (unpaired) electrons. The SMILES string of the molecule is Cn1ccnc1CCNS(=O)(=O)Cc1ccccc1CN. The van der Waals surface area contributed by atoms with Gasteiger partial charge >= 0.3 is 0 Å². The molecule has 6 nitrogen and oxygen atoms in total. The minimum atomic E-state index is -3.38. The van der Waals surface area contributed by atoms with Gasteiger partial charge in [0.15, 0.2) is 0 Å². The van der Waals surface area contributed by atoms with Crippen molar-refractivity contribution in [1.82, 2.24) is 14.3 Å². The van der Waals surface area contributed by atoms with E-state index < -0.39 is 10.0 Å². The number of sulfonamides is 1. The summed E-state index contributed by atoms with van der Waals surface area (Å²) < 4.78 is 28.7. The van der Waals surface area contributed by atoms with Crippen molar-refractivity contribution in [1.29, 1.82) is 0 Å². The van der Waals surface area contributed by atoms with Crippen LogP contribution in [-0.2, 0) is 35.8 Å². The highest BCUT2D eigenvalue weighted by Gasteiger charge is 2.13. The van der Waals surface area contributed by atoms with Gasteiger partial charge in [-0.05, 0) is 11.1 Å². The summed E-state index contributed by atoms with van der Waals surface area (Å²) in [5.74, 6) is 0.793. The Morgan fingerprint density at radius 3 is 2.62 bits per heavy atom. The minimum absolute atomic E-state index is 0.0546. The highest BCUT2D eigenvalue weighted by molar-refractivity contribution is 7.88. The molecule has 0 amide bonds. The van der Waals surface area contributed by atoms with E-state index in [0.29, 0.717) is 19.5 Å². The molecule has 114 valence electrons. The number of nitrogens with two attached hydrogens (primary N) is 1. The molecule has 0 unspecified atom stereocenters. The lowest BCUT2D eigenvalue weighted by Gasteiger charge is -2.10. The second-order valence-corrected chi connectivity index (χ2v) is 6.64. The summed E-state index contributed by atoms with van der Waals surface area (Å²) in [6.07, 6.45) is 4.09. The van der Waals surface area contributed by atoms with E-state index in [9.17, 15) is 8.42 Å². The molecular weight excluding hydrogens is 288 g/mol. The van der Waals surface area contributed by atoms with Gasteiger partial charge in [-0.2, -0.15) is 0 Å². The van der Waals surface area contributed by atoms with E-state index in [0.717, 1.165) is 17.0 Å². The molecular formula is C14H20N4O2S. The van der Waals surface area contributed by atoms with Crippen LogP contribution in [0.5, 0.6) is 0 Å². The number of aryl methyl sites for hydroxylation is 1. The van der Waals surface area contributed by atoms with Gasteiger partial charge in [0.05, 0.1) is 5.75 Å². The predicted molar refractivity (Wildman–Crippen MR) is 81.9 cm³/mol. The lowest BCUT2D eigenvalue weighted by molar-refractivity contribution is 0.579. The molecule has 0 spiro atoms. The van der Waals surface area contributed by atoms with E-state index in [2.05, 4.69) is 9.71 Å². The van der Waals surface area contributed by atoms with Crippen LogP contribution in [0.3, 0.4) is 0 Å². The zero-order valence-electron chi connectivity index (χ0n) is 12.0. The Hall–Kier alpha value is -1.70. The van der Waals surface area contributed by atoms with Crippen LogP contribution in [0.4, 0.5) is 0 Å². The molecule has 1 heterocycles. The number of benzene rings is 1. The fourth-order valence-electron chi connectivity index (χ4n) is 2.11. The van der Waals surface area contributed by atoms with E-state index in [1.807, 2.05) is 36.0 Å². The molecule has 0 bridgehead atoms. The van der Waals surface area contributed by atoms with Crippen molar-refractivity contribution >= 4 is 10.0 Å². The van der Waals surface area contributed by atoms with Crippen molar-refractivity contribution in [2.45, 2.75) is 18.7 Å². The van der Waals surface area contributed by atoms with E-state index >= 15 is 0 Å². The summed E-state index contributed by atoms with van der Waals surface area (Å²) in [6, 6.07) is 7.31. The third-order valence-corrected chi connectivity index (χ3v) is 4.61. The molecule has 0 fully saturated rings. The Bertz CT molecular complexity index is 695. The van der Waals surface area contributed by atoms with Crippen LogP contribution < -0.4 is 10.5 Å². The van der Waals surface area contributed by atoms with Crippen molar-refractivity contribution in [3.05, 3.63) is 53.6 Å². The maximum absolute atomic E-state index is 12.1. The molecule has 0 aliphatic carbocycles. The van der Waals surface area contributed by atoms with Crippen LogP contribution in [0.2, 0.25) is 0 Å². The van der Waals surface area contributed by atoms with Crippen LogP contribution in [0, 0.1) is 0 Å². The number of aromatic nitrogens is 2. The molecule has 0 saturated heterocycles. The third kappa shape index (κ3) is 4.38. The summed E-state index contributed by atoms with van der Waals surface area (Å²) >= 11 is 0. The first-order valence-corrected chi connectivity index (χ1v) is 8.37. The second-order valence-electron chi connectivity index (χ2n) is 4.83. The van der Waals surface area contributed by atoms with Crippen molar-refractivity contribution in [2.75, 3.05) is 6.54 Å². The quantitative estimate of drug-likeness (QED) is 0.781. The van der Waals surface area contributed by atoms with Crippen LogP contribution in [0.1, 0.15) is 17.0 Å². The Morgan fingerprint density at radius 2 is 2.00 bits per heavy atom. The van der Waals surface area contributed by atoms with Gasteiger partial charge < -0.3 is 10.3 Å². The number of imidazole rings is 1. The summed E-state index contributed by atoms with van der Waals surface area (Å²) in [7, 11) is -1.49. The lowest BCUT2D eigenvalue weighted by Crippen LogP contribution is -2.28. The standard InChI is InChI=1S/C14H20N4O2S/c1-18-9-8-16-14(18)6-7-17-21(19,20)11-13-5-3-2-4-12(13)10-15/h2-5,8-9,17H,6-7,10-11,15H2,1H3. The highest BCUT2D eigenvalue weighted by Crippen LogP contribution is 2.11. The van der Waals surface area contributed by atoms with Crippen molar-refractivity contribution in [3.8, 4) is 0 Å². The topological polar surface area (TPSA) is 90.0 Å². The number of hydrogen-bond donors (Lipinski definition) is 2. The average Bonchev–Trinajstić information content (AvgIpc) is 2.84. The van der Waals surface area contributed by atoms with Gasteiger partial charge in [-0.1, -0.05) is 24.3 Å². The Morgan fingerprint density at radius 1 is 1.29 bits per heavy atom. The molecule has 21 heavy (non-hydrogen) atoms. The number of rotatable bonds is 7. The first-order valence-electron chi connectivity index (χ1n) is 6.72. The largest absolute Gasteiger partial charge is 0.338 e. The van der Waals surface area contributed by atoms with Crippen LogP contribution in [0.25, 0.3) is 0 Å². The van der Waals surface area contributed by atoms with E-state index in [1.54, 1.807) is 12.3 Å². The molecule has 3 N–H and O–H groups in total. The molecule has 2 rings (SSSR count). The normalized spacial score (nSPS) is 11.7. The molecule has 1 aromatic heterocycles. The van der Waals surface area contributed by atoms with Gasteiger partial charge in [0, 0.05) is 39.0 Å². The molecule has 0 saturated carbocycles. The molecule has 2 aromatic rings. The van der Waals surface area contributed by atoms with Gasteiger partial charge in [0.25, 0.3) is 0 Å². The summed E-state index contributed by atoms with van der Waals surface area (Å²) in [6.45, 7) is 0.664. The molecule has 7 heteroatoms. The van der Waals surface area contributed by atoms with Gasteiger partial charge in [0.2, 0.25) is 10.0 Å². The second kappa shape index (κ2) is 6.84. The van der Waals surface area contributed by atoms with Gasteiger partial charge in [-0.15, -0.1) is 0 Å². The van der Waals surface area contributed by atoms with Crippen LogP contribution in [0.15, 0.2) is 36.7 Å². The van der Waals surface area contributed by atoms with Crippen LogP contribution >= 0.6 is 0 Å². The first-order chi connectivity index (χ1) is 10.0. The van der Waals surface area contributed by atoms with Gasteiger partial charge in [-0.3, -0.25) is 0 Å². The Kier molecular flexibility index (Phi) is 5.11. The minimum Gasteiger partial charge on any atom is -0.338 e. The molecule has 0 aliphatic heterocycles. The van der Waals surface area contributed by atoms with Crippen molar-refractivity contribution < 1.29 is 8.42 Å². The third-order valence-electron chi connectivity index (χ3n) is 3.28. The fourth-order valence-corrected chi connectivity index (χ4v) is 3.32. The molecule has 0 aliphatic rings. The zero-order chi connectivity index (χ0) is 15.3. The summed E-state index contributed by atoms with van der Waals surface area (Å²) in [4.78, 5) is 4.16. The van der Waals surface area contributed by atoms with Gasteiger partial charge in [-0.25, -0.2) is 18.1 Å². The highest BCUT2D eigenvalue weighted by atomic mass is 32.2. The van der Waals surface area contributed by atoms with E-state index in [-0.39, 0.29) is 5.75 Å². The van der Waals surface area contributed by atoms with Gasteiger partial charge in [0.1, 0.15) is 5.82 Å². The maximum atomic E-state index is 12.1. The smallest absolute Gasteiger partial charge is 0.215 e. The van der Waals surface area contributed by atoms with E-state index in [4.69, 9.17) is 5.73 Å². The maximum Gasteiger partial charge on any atom is 0.215 e. The zero-order valence-corrected chi connectivity index (χ0v) is 12.8. The van der Waals surface area contributed by atoms with Crippen molar-refractivity contribution in [2.24, 2.45) is 12.8 Å². The number of hydrogen-bond acceptors (Lipinski definition) is 4. The average molecular weight is 308 g/mol. The Labute approximate surface area is 125 Å². The van der Waals surface area contributed by atoms with E-state index in [1.165, 1.54) is 0 Å². The number of nitrogens with zero attached hydrogens (tertiary/aromatic N) is 2. The summed E-state index contributed by atoms with van der Waals surface area (Å²) in [5, 5.41) is 0. The molecule has 1 aromatic carbocycles. The monoisotopic (exact) mass is 308 g/mol.